The quantitative estimate of drug-likeness (QED) is 0.636. The molecule has 2 aromatic carbocycles. The van der Waals surface area contributed by atoms with Crippen LogP contribution in [-0.2, 0) is 10.0 Å². The van der Waals surface area contributed by atoms with Crippen molar-refractivity contribution < 1.29 is 17.6 Å². The summed E-state index contributed by atoms with van der Waals surface area (Å²) in [6.45, 7) is 6.94. The fourth-order valence-electron chi connectivity index (χ4n) is 3.37. The van der Waals surface area contributed by atoms with Crippen LogP contribution in [0, 0.1) is 5.82 Å². The third-order valence-corrected chi connectivity index (χ3v) is 6.61. The number of anilines is 1. The monoisotopic (exact) mass is 445 g/mol. The molecule has 1 amide bonds. The Morgan fingerprint density at radius 3 is 2.35 bits per heavy atom. The van der Waals surface area contributed by atoms with Crippen LogP contribution in [0.4, 0.5) is 10.1 Å². The minimum atomic E-state index is -3.96. The maximum absolute atomic E-state index is 13.7. The van der Waals surface area contributed by atoms with Crippen LogP contribution in [0.5, 0.6) is 0 Å². The van der Waals surface area contributed by atoms with Gasteiger partial charge in [0.05, 0.1) is 10.6 Å². The van der Waals surface area contributed by atoms with E-state index >= 15 is 0 Å². The number of para-hydroxylation sites is 1. The zero-order valence-corrected chi connectivity index (χ0v) is 18.6. The van der Waals surface area contributed by atoms with Gasteiger partial charge in [0.25, 0.3) is 15.9 Å². The molecule has 0 atom stereocenters. The first-order valence-electron chi connectivity index (χ1n) is 10.3. The zero-order valence-electron chi connectivity index (χ0n) is 17.8. The van der Waals surface area contributed by atoms with Crippen molar-refractivity contribution in [3.8, 4) is 0 Å². The Morgan fingerprint density at radius 1 is 1.10 bits per heavy atom. The SMILES string of the molecule is CC(C)=CCN1CCC(NC(=O)c2ccc(S(=O)(=O)Nc3ccccc3F)cc2)CC1. The Balaban J connectivity index is 1.57. The Morgan fingerprint density at radius 2 is 1.74 bits per heavy atom. The summed E-state index contributed by atoms with van der Waals surface area (Å²) >= 11 is 0. The number of halogens is 1. The van der Waals surface area contributed by atoms with Crippen molar-refractivity contribution in [3.05, 3.63) is 71.6 Å². The van der Waals surface area contributed by atoms with E-state index in [1.807, 2.05) is 0 Å². The number of nitrogens with one attached hydrogen (secondary N) is 2. The van der Waals surface area contributed by atoms with E-state index in [-0.39, 0.29) is 22.5 Å². The number of piperidine rings is 1. The second kappa shape index (κ2) is 10.1. The van der Waals surface area contributed by atoms with Gasteiger partial charge in [-0.1, -0.05) is 23.8 Å². The summed E-state index contributed by atoms with van der Waals surface area (Å²) in [5, 5.41) is 3.03. The minimum absolute atomic E-state index is 0.0418. The lowest BCUT2D eigenvalue weighted by Gasteiger charge is -2.31. The number of carbonyl (C=O) groups is 1. The third-order valence-electron chi connectivity index (χ3n) is 5.23. The van der Waals surface area contributed by atoms with Crippen LogP contribution in [-0.4, -0.2) is 44.9 Å². The van der Waals surface area contributed by atoms with Crippen LogP contribution in [0.3, 0.4) is 0 Å². The van der Waals surface area contributed by atoms with Gasteiger partial charge in [-0.25, -0.2) is 12.8 Å². The van der Waals surface area contributed by atoms with Gasteiger partial charge in [-0.2, -0.15) is 0 Å². The maximum Gasteiger partial charge on any atom is 0.261 e. The molecule has 2 N–H and O–H groups in total. The van der Waals surface area contributed by atoms with E-state index in [1.54, 1.807) is 6.07 Å². The molecular weight excluding hydrogens is 417 g/mol. The highest BCUT2D eigenvalue weighted by molar-refractivity contribution is 7.92. The van der Waals surface area contributed by atoms with Crippen molar-refractivity contribution in [3.63, 3.8) is 0 Å². The van der Waals surface area contributed by atoms with Crippen LogP contribution in [0.25, 0.3) is 0 Å². The molecule has 2 aromatic rings. The summed E-state index contributed by atoms with van der Waals surface area (Å²) in [5.41, 5.74) is 1.56. The molecule has 0 saturated carbocycles. The van der Waals surface area contributed by atoms with E-state index in [0.717, 1.165) is 32.5 Å². The Labute approximate surface area is 183 Å². The molecule has 1 heterocycles. The lowest BCUT2D eigenvalue weighted by molar-refractivity contribution is 0.0914. The molecule has 0 spiro atoms. The predicted octanol–water partition coefficient (Wildman–Crippen LogP) is 3.79. The summed E-state index contributed by atoms with van der Waals surface area (Å²) < 4.78 is 41.0. The van der Waals surface area contributed by atoms with Crippen molar-refractivity contribution in [2.45, 2.75) is 37.6 Å². The normalized spacial score (nSPS) is 15.3. The number of sulfonamides is 1. The number of allylic oxidation sites excluding steroid dienone is 1. The van der Waals surface area contributed by atoms with E-state index < -0.39 is 15.8 Å². The number of likely N-dealkylation sites (tertiary alicyclic amines) is 1. The largest absolute Gasteiger partial charge is 0.349 e. The van der Waals surface area contributed by atoms with E-state index in [4.69, 9.17) is 0 Å². The van der Waals surface area contributed by atoms with Gasteiger partial charge in [0.15, 0.2) is 0 Å². The van der Waals surface area contributed by atoms with Gasteiger partial charge in [0.1, 0.15) is 5.82 Å². The van der Waals surface area contributed by atoms with Crippen molar-refractivity contribution in [1.82, 2.24) is 10.2 Å². The standard InChI is InChI=1S/C23H28FN3O3S/c1-17(2)11-14-27-15-12-19(13-16-27)25-23(28)18-7-9-20(10-8-18)31(29,30)26-22-6-4-3-5-21(22)24/h3-11,19,26H,12-16H2,1-2H3,(H,25,28). The van der Waals surface area contributed by atoms with Crippen molar-refractivity contribution in [1.29, 1.82) is 0 Å². The molecule has 3 rings (SSSR count). The first kappa shape index (κ1) is 23.0. The summed E-state index contributed by atoms with van der Waals surface area (Å²) in [6, 6.07) is 11.3. The van der Waals surface area contributed by atoms with Gasteiger partial charge in [0.2, 0.25) is 0 Å². The van der Waals surface area contributed by atoms with Gasteiger partial charge in [-0.05, 0) is 63.1 Å². The summed E-state index contributed by atoms with van der Waals surface area (Å²) in [4.78, 5) is 14.9. The molecule has 1 fully saturated rings. The van der Waals surface area contributed by atoms with Crippen LogP contribution in [0.1, 0.15) is 37.0 Å². The van der Waals surface area contributed by atoms with E-state index in [9.17, 15) is 17.6 Å². The number of rotatable bonds is 7. The van der Waals surface area contributed by atoms with Crippen LogP contribution < -0.4 is 10.0 Å². The number of hydrogen-bond donors (Lipinski definition) is 2. The van der Waals surface area contributed by atoms with Crippen LogP contribution in [0.15, 0.2) is 65.1 Å². The maximum atomic E-state index is 13.7. The molecule has 0 bridgehead atoms. The van der Waals surface area contributed by atoms with Gasteiger partial charge >= 0.3 is 0 Å². The Hall–Kier alpha value is -2.71. The fourth-order valence-corrected chi connectivity index (χ4v) is 4.44. The molecule has 0 radical (unpaired) electrons. The van der Waals surface area contributed by atoms with Crippen molar-refractivity contribution in [2.24, 2.45) is 0 Å². The summed E-state index contributed by atoms with van der Waals surface area (Å²) in [6.07, 6.45) is 3.96. The zero-order chi connectivity index (χ0) is 22.4. The van der Waals surface area contributed by atoms with Crippen LogP contribution in [0.2, 0.25) is 0 Å². The number of hydrogen-bond acceptors (Lipinski definition) is 4. The predicted molar refractivity (Wildman–Crippen MR) is 120 cm³/mol. The van der Waals surface area contributed by atoms with Gasteiger partial charge in [-0.3, -0.25) is 14.4 Å². The van der Waals surface area contributed by atoms with Crippen LogP contribution >= 0.6 is 0 Å². The fraction of sp³-hybridized carbons (Fsp3) is 0.348. The number of nitrogens with zero attached hydrogens (tertiary/aromatic N) is 1. The van der Waals surface area contributed by atoms with E-state index in [2.05, 4.69) is 34.9 Å². The first-order chi connectivity index (χ1) is 14.7. The van der Waals surface area contributed by atoms with Gasteiger partial charge in [0, 0.05) is 31.2 Å². The average Bonchev–Trinajstić information content (AvgIpc) is 2.75. The lowest BCUT2D eigenvalue weighted by atomic mass is 10.0. The molecule has 0 aromatic heterocycles. The molecule has 166 valence electrons. The molecule has 1 saturated heterocycles. The first-order valence-corrected chi connectivity index (χ1v) is 11.8. The Bertz CT molecular complexity index is 1040. The number of amides is 1. The minimum Gasteiger partial charge on any atom is -0.349 e. The van der Waals surface area contributed by atoms with Crippen molar-refractivity contribution >= 4 is 21.6 Å². The van der Waals surface area contributed by atoms with Gasteiger partial charge in [-0.15, -0.1) is 0 Å². The third kappa shape index (κ3) is 6.38. The van der Waals surface area contributed by atoms with E-state index in [1.165, 1.54) is 48.0 Å². The highest BCUT2D eigenvalue weighted by Crippen LogP contribution is 2.19. The summed E-state index contributed by atoms with van der Waals surface area (Å²) in [5.74, 6) is -0.886. The smallest absolute Gasteiger partial charge is 0.261 e. The lowest BCUT2D eigenvalue weighted by Crippen LogP contribution is -2.44. The second-order valence-electron chi connectivity index (χ2n) is 7.94. The highest BCUT2D eigenvalue weighted by atomic mass is 32.2. The molecule has 8 heteroatoms. The highest BCUT2D eigenvalue weighted by Gasteiger charge is 2.21. The average molecular weight is 446 g/mol. The second-order valence-corrected chi connectivity index (χ2v) is 9.62. The van der Waals surface area contributed by atoms with E-state index in [0.29, 0.717) is 5.56 Å². The molecule has 1 aliphatic rings. The van der Waals surface area contributed by atoms with Gasteiger partial charge < -0.3 is 5.32 Å². The number of carbonyl (C=O) groups excluding carboxylic acids is 1. The molecule has 31 heavy (non-hydrogen) atoms. The molecule has 6 nitrogen and oxygen atoms in total. The van der Waals surface area contributed by atoms with Crippen molar-refractivity contribution in [2.75, 3.05) is 24.4 Å². The molecule has 0 unspecified atom stereocenters. The Kier molecular flexibility index (Phi) is 7.46. The molecular formula is C23H28FN3O3S. The summed E-state index contributed by atoms with van der Waals surface area (Å²) in [7, 11) is -3.96. The molecule has 1 aliphatic heterocycles. The molecule has 0 aliphatic carbocycles. The topological polar surface area (TPSA) is 78.5 Å². The number of benzene rings is 2.